The van der Waals surface area contributed by atoms with Gasteiger partial charge in [0.15, 0.2) is 0 Å². The van der Waals surface area contributed by atoms with Gasteiger partial charge in [0.1, 0.15) is 0 Å². The molecule has 1 aromatic rings. The van der Waals surface area contributed by atoms with Crippen LogP contribution in [-0.4, -0.2) is 46.9 Å². The van der Waals surface area contributed by atoms with Gasteiger partial charge in [-0.1, -0.05) is 13.8 Å². The van der Waals surface area contributed by atoms with Crippen LogP contribution in [0.15, 0.2) is 24.5 Å². The summed E-state index contributed by atoms with van der Waals surface area (Å²) in [4.78, 5) is 30.7. The van der Waals surface area contributed by atoms with Gasteiger partial charge in [-0.2, -0.15) is 0 Å². The van der Waals surface area contributed by atoms with Crippen molar-refractivity contribution in [3.8, 4) is 0 Å². The fourth-order valence-corrected chi connectivity index (χ4v) is 2.96. The van der Waals surface area contributed by atoms with E-state index in [-0.39, 0.29) is 48.1 Å². The molecule has 8 heteroatoms. The lowest BCUT2D eigenvalue weighted by atomic mass is 9.92. The minimum Gasteiger partial charge on any atom is -0.354 e. The number of nitrogens with zero attached hydrogens (tertiary/aromatic N) is 2. The van der Waals surface area contributed by atoms with E-state index >= 15 is 0 Å². The Bertz CT molecular complexity index is 568. The molecular weight excluding hydrogens is 375 g/mol. The van der Waals surface area contributed by atoms with Gasteiger partial charge in [0.2, 0.25) is 5.91 Å². The van der Waals surface area contributed by atoms with Crippen LogP contribution in [0, 0.1) is 5.92 Å². The lowest BCUT2D eigenvalue weighted by Gasteiger charge is -2.33. The number of pyridine rings is 1. The van der Waals surface area contributed by atoms with E-state index in [4.69, 9.17) is 5.73 Å². The molecule has 2 rings (SSSR count). The average molecular weight is 405 g/mol. The molecule has 26 heavy (non-hydrogen) atoms. The number of nitrogens with one attached hydrogen (secondary N) is 1. The van der Waals surface area contributed by atoms with Gasteiger partial charge in [-0.25, -0.2) is 0 Å². The fraction of sp³-hybridized carbons (Fsp3) is 0.611. The molecule has 6 nitrogen and oxygen atoms in total. The monoisotopic (exact) mass is 404 g/mol. The molecule has 1 aromatic heterocycles. The Morgan fingerprint density at radius 2 is 1.88 bits per heavy atom. The number of rotatable bonds is 6. The van der Waals surface area contributed by atoms with Crippen LogP contribution in [0.3, 0.4) is 0 Å². The predicted octanol–water partition coefficient (Wildman–Crippen LogP) is 2.41. The van der Waals surface area contributed by atoms with E-state index < -0.39 is 0 Å². The van der Waals surface area contributed by atoms with E-state index in [1.807, 2.05) is 13.8 Å². The first-order valence-electron chi connectivity index (χ1n) is 8.75. The number of hydrogen-bond acceptors (Lipinski definition) is 4. The van der Waals surface area contributed by atoms with Crippen molar-refractivity contribution < 1.29 is 9.59 Å². The van der Waals surface area contributed by atoms with Crippen LogP contribution in [0.2, 0.25) is 0 Å². The molecule has 0 aromatic carbocycles. The van der Waals surface area contributed by atoms with E-state index in [0.29, 0.717) is 25.2 Å². The number of carbonyl (C=O) groups is 2. The smallest absolute Gasteiger partial charge is 0.253 e. The van der Waals surface area contributed by atoms with Crippen molar-refractivity contribution >= 4 is 36.6 Å². The number of piperidine rings is 1. The number of aromatic nitrogens is 1. The van der Waals surface area contributed by atoms with Gasteiger partial charge in [-0.3, -0.25) is 14.6 Å². The number of hydrogen-bond donors (Lipinski definition) is 2. The Morgan fingerprint density at radius 1 is 1.27 bits per heavy atom. The summed E-state index contributed by atoms with van der Waals surface area (Å²) >= 11 is 0. The van der Waals surface area contributed by atoms with Gasteiger partial charge in [-0.05, 0) is 37.8 Å². The van der Waals surface area contributed by atoms with Crippen LogP contribution < -0.4 is 11.1 Å². The van der Waals surface area contributed by atoms with Gasteiger partial charge in [0.05, 0.1) is 5.92 Å². The highest BCUT2D eigenvalue weighted by atomic mass is 35.5. The minimum absolute atomic E-state index is 0. The molecule has 2 heterocycles. The Labute approximate surface area is 168 Å². The normalized spacial score (nSPS) is 16.9. The minimum atomic E-state index is -0.350. The summed E-state index contributed by atoms with van der Waals surface area (Å²) in [5, 5.41) is 2.98. The SMILES string of the molecule is CCC(N)(CC)CNC(=O)C1CCCN(C(=O)c2ccncc2)C1.Cl.Cl. The highest BCUT2D eigenvalue weighted by Crippen LogP contribution is 2.19. The zero-order valence-electron chi connectivity index (χ0n) is 15.4. The molecule has 0 bridgehead atoms. The van der Waals surface area contributed by atoms with Gasteiger partial charge < -0.3 is 16.0 Å². The van der Waals surface area contributed by atoms with Crippen molar-refractivity contribution in [2.75, 3.05) is 19.6 Å². The second-order valence-electron chi connectivity index (χ2n) is 6.61. The molecule has 1 unspecified atom stereocenters. The van der Waals surface area contributed by atoms with Crippen molar-refractivity contribution in [1.82, 2.24) is 15.2 Å². The first-order valence-corrected chi connectivity index (χ1v) is 8.75. The molecule has 0 spiro atoms. The van der Waals surface area contributed by atoms with E-state index in [9.17, 15) is 9.59 Å². The highest BCUT2D eigenvalue weighted by molar-refractivity contribution is 5.94. The first-order chi connectivity index (χ1) is 11.5. The zero-order valence-corrected chi connectivity index (χ0v) is 17.1. The lowest BCUT2D eigenvalue weighted by Crippen LogP contribution is -2.52. The van der Waals surface area contributed by atoms with Crippen LogP contribution in [0.1, 0.15) is 49.9 Å². The number of amides is 2. The van der Waals surface area contributed by atoms with Crippen molar-refractivity contribution in [2.45, 2.75) is 45.1 Å². The summed E-state index contributed by atoms with van der Waals surface area (Å²) in [7, 11) is 0. The molecule has 1 atom stereocenters. The molecule has 0 radical (unpaired) electrons. The summed E-state index contributed by atoms with van der Waals surface area (Å²) in [5.41, 5.74) is 6.51. The van der Waals surface area contributed by atoms with Gasteiger partial charge in [-0.15, -0.1) is 24.8 Å². The molecule has 0 saturated carbocycles. The van der Waals surface area contributed by atoms with Crippen LogP contribution in [0.5, 0.6) is 0 Å². The third-order valence-electron chi connectivity index (χ3n) is 5.03. The Kier molecular flexibility index (Phi) is 10.8. The molecule has 2 amide bonds. The maximum Gasteiger partial charge on any atom is 0.253 e. The topological polar surface area (TPSA) is 88.3 Å². The molecule has 1 aliphatic rings. The predicted molar refractivity (Wildman–Crippen MR) is 108 cm³/mol. The number of carbonyl (C=O) groups excluding carboxylic acids is 2. The van der Waals surface area contributed by atoms with Crippen molar-refractivity contribution in [3.63, 3.8) is 0 Å². The Balaban J connectivity index is 0.00000312. The van der Waals surface area contributed by atoms with Crippen molar-refractivity contribution in [3.05, 3.63) is 30.1 Å². The standard InChI is InChI=1S/C18H28N4O2.2ClH/c1-3-18(19,4-2)13-21-16(23)15-6-5-11-22(12-15)17(24)14-7-9-20-10-8-14;;/h7-10,15H,3-6,11-13,19H2,1-2H3,(H,21,23);2*1H. The van der Waals surface area contributed by atoms with Crippen LogP contribution >= 0.6 is 24.8 Å². The number of halogens is 2. The van der Waals surface area contributed by atoms with E-state index in [2.05, 4.69) is 10.3 Å². The largest absolute Gasteiger partial charge is 0.354 e. The fourth-order valence-electron chi connectivity index (χ4n) is 2.96. The summed E-state index contributed by atoms with van der Waals surface area (Å²) in [5.74, 6) is -0.202. The third-order valence-corrected chi connectivity index (χ3v) is 5.03. The highest BCUT2D eigenvalue weighted by Gasteiger charge is 2.30. The molecule has 3 N–H and O–H groups in total. The quantitative estimate of drug-likeness (QED) is 0.761. The van der Waals surface area contributed by atoms with Gasteiger partial charge in [0.25, 0.3) is 5.91 Å². The maximum atomic E-state index is 12.5. The van der Waals surface area contributed by atoms with Crippen LogP contribution in [0.4, 0.5) is 0 Å². The second kappa shape index (κ2) is 11.4. The van der Waals surface area contributed by atoms with Crippen molar-refractivity contribution in [2.24, 2.45) is 11.7 Å². The number of nitrogens with two attached hydrogens (primary N) is 1. The second-order valence-corrected chi connectivity index (χ2v) is 6.61. The Hall–Kier alpha value is -1.37. The van der Waals surface area contributed by atoms with Gasteiger partial charge in [0, 0.05) is 43.1 Å². The summed E-state index contributed by atoms with van der Waals surface area (Å²) < 4.78 is 0. The molecular formula is C18H30Cl2N4O2. The maximum absolute atomic E-state index is 12.5. The molecule has 0 aliphatic carbocycles. The number of likely N-dealkylation sites (tertiary alicyclic amines) is 1. The van der Waals surface area contributed by atoms with Crippen LogP contribution in [0.25, 0.3) is 0 Å². The first kappa shape index (κ1) is 24.6. The van der Waals surface area contributed by atoms with Gasteiger partial charge >= 0.3 is 0 Å². The summed E-state index contributed by atoms with van der Waals surface area (Å²) in [6.45, 7) is 5.70. The van der Waals surface area contributed by atoms with E-state index in [0.717, 1.165) is 25.7 Å². The third kappa shape index (κ3) is 6.41. The van der Waals surface area contributed by atoms with Crippen molar-refractivity contribution in [1.29, 1.82) is 0 Å². The molecule has 1 fully saturated rings. The van der Waals surface area contributed by atoms with E-state index in [1.54, 1.807) is 29.4 Å². The lowest BCUT2D eigenvalue weighted by molar-refractivity contribution is -0.126. The molecule has 1 aliphatic heterocycles. The molecule has 1 saturated heterocycles. The summed E-state index contributed by atoms with van der Waals surface area (Å²) in [6.07, 6.45) is 6.50. The molecule has 148 valence electrons. The van der Waals surface area contributed by atoms with E-state index in [1.165, 1.54) is 0 Å². The Morgan fingerprint density at radius 3 is 2.46 bits per heavy atom. The zero-order chi connectivity index (χ0) is 17.6. The van der Waals surface area contributed by atoms with Crippen LogP contribution in [-0.2, 0) is 4.79 Å². The average Bonchev–Trinajstić information content (AvgIpc) is 2.66. The summed E-state index contributed by atoms with van der Waals surface area (Å²) in [6, 6.07) is 3.41.